The number of nitrogens with zero attached hydrogens (tertiary/aromatic N) is 1. The van der Waals surface area contributed by atoms with Crippen molar-refractivity contribution in [3.63, 3.8) is 0 Å². The molecule has 4 atom stereocenters. The van der Waals surface area contributed by atoms with E-state index in [0.29, 0.717) is 5.92 Å². The van der Waals surface area contributed by atoms with Gasteiger partial charge in [0.25, 0.3) is 0 Å². The summed E-state index contributed by atoms with van der Waals surface area (Å²) in [7, 11) is 0. The molecule has 2 nitrogen and oxygen atoms in total. The molecule has 1 N–H and O–H groups in total. The molecule has 0 aliphatic heterocycles. The zero-order chi connectivity index (χ0) is 11.7. The van der Waals surface area contributed by atoms with Crippen LogP contribution in [0.5, 0.6) is 0 Å². The third kappa shape index (κ3) is 2.46. The van der Waals surface area contributed by atoms with Crippen molar-refractivity contribution in [3.8, 4) is 0 Å². The van der Waals surface area contributed by atoms with Crippen LogP contribution in [-0.4, -0.2) is 10.1 Å². The molecule has 0 bridgehead atoms. The average molecular weight is 239 g/mol. The summed E-state index contributed by atoms with van der Waals surface area (Å²) in [6.45, 7) is 6.61. The van der Waals surface area contributed by atoms with Crippen LogP contribution in [0.1, 0.15) is 49.9 Å². The Kier molecular flexibility index (Phi) is 3.65. The number of thiazole rings is 1. The highest BCUT2D eigenvalue weighted by Gasteiger charge is 2.30. The quantitative estimate of drug-likeness (QED) is 0.856. The first-order chi connectivity index (χ1) is 7.58. The Morgan fingerprint density at radius 3 is 2.69 bits per heavy atom. The Morgan fingerprint density at radius 2 is 2.12 bits per heavy atom. The minimum atomic E-state index is -0.347. The molecule has 1 aromatic rings. The molecule has 1 aliphatic carbocycles. The van der Waals surface area contributed by atoms with E-state index in [4.69, 9.17) is 0 Å². The van der Waals surface area contributed by atoms with Crippen LogP contribution < -0.4 is 0 Å². The van der Waals surface area contributed by atoms with Gasteiger partial charge >= 0.3 is 0 Å². The van der Waals surface area contributed by atoms with Crippen LogP contribution in [0, 0.1) is 24.7 Å². The average Bonchev–Trinajstić information content (AvgIpc) is 2.68. The van der Waals surface area contributed by atoms with Crippen LogP contribution >= 0.6 is 11.3 Å². The zero-order valence-electron chi connectivity index (χ0n) is 10.3. The summed E-state index contributed by atoms with van der Waals surface area (Å²) in [6, 6.07) is 0. The maximum atomic E-state index is 10.3. The Bertz CT molecular complexity index is 349. The third-order valence-corrected chi connectivity index (χ3v) is 4.82. The van der Waals surface area contributed by atoms with E-state index < -0.39 is 0 Å². The lowest BCUT2D eigenvalue weighted by atomic mass is 9.73. The summed E-state index contributed by atoms with van der Waals surface area (Å²) in [5.74, 6) is 1.95. The van der Waals surface area contributed by atoms with E-state index in [0.717, 1.165) is 35.4 Å². The summed E-state index contributed by atoms with van der Waals surface area (Å²) in [6.07, 6.45) is 3.17. The van der Waals surface area contributed by atoms with Crippen molar-refractivity contribution in [1.82, 2.24) is 4.98 Å². The number of hydrogen-bond acceptors (Lipinski definition) is 3. The molecule has 2 rings (SSSR count). The highest BCUT2D eigenvalue weighted by Crippen LogP contribution is 2.39. The Balaban J connectivity index is 2.02. The summed E-state index contributed by atoms with van der Waals surface area (Å²) >= 11 is 1.63. The van der Waals surface area contributed by atoms with Gasteiger partial charge in [-0.15, -0.1) is 11.3 Å². The van der Waals surface area contributed by atoms with Gasteiger partial charge < -0.3 is 5.11 Å². The van der Waals surface area contributed by atoms with Crippen molar-refractivity contribution < 1.29 is 5.11 Å². The van der Waals surface area contributed by atoms with Crippen LogP contribution in [0.25, 0.3) is 0 Å². The fourth-order valence-corrected chi connectivity index (χ4v) is 3.28. The number of aromatic nitrogens is 1. The summed E-state index contributed by atoms with van der Waals surface area (Å²) in [5, 5.41) is 13.4. The van der Waals surface area contributed by atoms with Gasteiger partial charge in [-0.25, -0.2) is 4.98 Å². The Hall–Kier alpha value is -0.410. The van der Waals surface area contributed by atoms with Crippen molar-refractivity contribution in [2.75, 3.05) is 0 Å². The molecule has 1 fully saturated rings. The Morgan fingerprint density at radius 1 is 1.38 bits per heavy atom. The van der Waals surface area contributed by atoms with Crippen molar-refractivity contribution >= 4 is 11.3 Å². The summed E-state index contributed by atoms with van der Waals surface area (Å²) in [5.41, 5.74) is 0.884. The van der Waals surface area contributed by atoms with Crippen LogP contribution in [0.3, 0.4) is 0 Å². The fourth-order valence-electron chi connectivity index (χ4n) is 2.63. The van der Waals surface area contributed by atoms with E-state index in [-0.39, 0.29) is 6.10 Å². The second kappa shape index (κ2) is 4.84. The van der Waals surface area contributed by atoms with Crippen molar-refractivity contribution in [2.45, 2.75) is 46.1 Å². The maximum Gasteiger partial charge on any atom is 0.0996 e. The van der Waals surface area contributed by atoms with Gasteiger partial charge in [0.1, 0.15) is 0 Å². The molecule has 0 amide bonds. The largest absolute Gasteiger partial charge is 0.386 e. The molecule has 0 saturated heterocycles. The van der Waals surface area contributed by atoms with E-state index in [9.17, 15) is 5.11 Å². The van der Waals surface area contributed by atoms with Gasteiger partial charge in [0, 0.05) is 5.38 Å². The molecule has 90 valence electrons. The molecule has 16 heavy (non-hydrogen) atoms. The molecule has 3 heteroatoms. The highest BCUT2D eigenvalue weighted by atomic mass is 32.1. The van der Waals surface area contributed by atoms with E-state index in [2.05, 4.69) is 18.8 Å². The molecular formula is C13H21NOS. The molecule has 1 saturated carbocycles. The van der Waals surface area contributed by atoms with Crippen LogP contribution in [0.15, 0.2) is 5.38 Å². The van der Waals surface area contributed by atoms with Crippen LogP contribution in [0.2, 0.25) is 0 Å². The predicted molar refractivity (Wildman–Crippen MR) is 67.5 cm³/mol. The first-order valence-electron chi connectivity index (χ1n) is 6.18. The van der Waals surface area contributed by atoms with Gasteiger partial charge in [-0.2, -0.15) is 0 Å². The smallest absolute Gasteiger partial charge is 0.0996 e. The van der Waals surface area contributed by atoms with Gasteiger partial charge in [0.2, 0.25) is 0 Å². The van der Waals surface area contributed by atoms with Crippen molar-refractivity contribution in [1.29, 1.82) is 0 Å². The number of aliphatic hydroxyl groups excluding tert-OH is 1. The normalized spacial score (nSPS) is 32.6. The minimum Gasteiger partial charge on any atom is -0.386 e. The topological polar surface area (TPSA) is 33.1 Å². The molecule has 0 spiro atoms. The second-order valence-corrected chi connectivity index (χ2v) is 6.33. The molecule has 1 aromatic heterocycles. The molecular weight excluding hydrogens is 218 g/mol. The van der Waals surface area contributed by atoms with Crippen molar-refractivity contribution in [2.24, 2.45) is 17.8 Å². The molecule has 0 radical (unpaired) electrons. The summed E-state index contributed by atoms with van der Waals surface area (Å²) < 4.78 is 0. The lowest BCUT2D eigenvalue weighted by Gasteiger charge is -2.34. The molecule has 1 aliphatic rings. The standard InChI is InChI=1S/C13H21NOS/c1-8-4-5-11(6-9(8)2)13(15)12-7-16-10(3)14-12/h7-9,11,13,15H,4-6H2,1-3H3. The van der Waals surface area contributed by atoms with E-state index in [1.54, 1.807) is 11.3 Å². The van der Waals surface area contributed by atoms with Crippen molar-refractivity contribution in [3.05, 3.63) is 16.1 Å². The maximum absolute atomic E-state index is 10.3. The van der Waals surface area contributed by atoms with E-state index in [1.807, 2.05) is 12.3 Å². The monoisotopic (exact) mass is 239 g/mol. The predicted octanol–water partition coefficient (Wildman–Crippen LogP) is 3.56. The molecule has 1 heterocycles. The summed E-state index contributed by atoms with van der Waals surface area (Å²) in [4.78, 5) is 4.40. The van der Waals surface area contributed by atoms with Crippen LogP contribution in [-0.2, 0) is 0 Å². The van der Waals surface area contributed by atoms with Crippen LogP contribution in [0.4, 0.5) is 0 Å². The van der Waals surface area contributed by atoms with E-state index >= 15 is 0 Å². The SMILES string of the molecule is Cc1nc(C(O)C2CCC(C)C(C)C2)cs1. The first kappa shape index (κ1) is 12.1. The van der Waals surface area contributed by atoms with Gasteiger partial charge in [-0.3, -0.25) is 0 Å². The number of aryl methyl sites for hydroxylation is 1. The van der Waals surface area contributed by atoms with Gasteiger partial charge in [0.05, 0.1) is 16.8 Å². The lowest BCUT2D eigenvalue weighted by Crippen LogP contribution is -2.25. The Labute approximate surface area is 102 Å². The zero-order valence-corrected chi connectivity index (χ0v) is 11.1. The fraction of sp³-hybridized carbons (Fsp3) is 0.769. The minimum absolute atomic E-state index is 0.347. The highest BCUT2D eigenvalue weighted by molar-refractivity contribution is 7.09. The van der Waals surface area contributed by atoms with Gasteiger partial charge in [-0.05, 0) is 37.5 Å². The molecule has 4 unspecified atom stereocenters. The van der Waals surface area contributed by atoms with Gasteiger partial charge in [0.15, 0.2) is 0 Å². The number of rotatable bonds is 2. The third-order valence-electron chi connectivity index (χ3n) is 4.03. The number of hydrogen-bond donors (Lipinski definition) is 1. The lowest BCUT2D eigenvalue weighted by molar-refractivity contribution is 0.0535. The first-order valence-corrected chi connectivity index (χ1v) is 7.06. The molecule has 0 aromatic carbocycles. The van der Waals surface area contributed by atoms with E-state index in [1.165, 1.54) is 6.42 Å². The van der Waals surface area contributed by atoms with Gasteiger partial charge in [-0.1, -0.05) is 20.3 Å². The number of aliphatic hydroxyl groups is 1. The second-order valence-electron chi connectivity index (χ2n) is 5.26.